The maximum absolute atomic E-state index is 11.9. The van der Waals surface area contributed by atoms with Crippen LogP contribution in [0, 0.1) is 16.0 Å². The molecule has 0 bridgehead atoms. The maximum atomic E-state index is 11.9. The Morgan fingerprint density at radius 1 is 1.17 bits per heavy atom. The Bertz CT molecular complexity index is 704. The summed E-state index contributed by atoms with van der Waals surface area (Å²) >= 11 is 0. The van der Waals surface area contributed by atoms with Crippen LogP contribution in [0.5, 0.6) is 0 Å². The summed E-state index contributed by atoms with van der Waals surface area (Å²) in [6, 6.07) is 0. The van der Waals surface area contributed by atoms with Gasteiger partial charge in [0.25, 0.3) is 6.29 Å². The van der Waals surface area contributed by atoms with E-state index in [2.05, 4.69) is 4.98 Å². The summed E-state index contributed by atoms with van der Waals surface area (Å²) in [6.07, 6.45) is 1.51. The van der Waals surface area contributed by atoms with E-state index < -0.39 is 35.0 Å². The van der Waals surface area contributed by atoms with E-state index in [4.69, 9.17) is 18.9 Å². The first-order chi connectivity index (χ1) is 13.8. The minimum absolute atomic E-state index is 0.0188. The SMILES string of the molecule is CCC(=O)OCCC(=O)OC(OC(=O)CC)C(C)COCn1ccnc1[N+](=O)[O-]. The predicted molar refractivity (Wildman–Crippen MR) is 96.1 cm³/mol. The molecule has 1 rings (SSSR count). The zero-order valence-electron chi connectivity index (χ0n) is 16.6. The Labute approximate surface area is 167 Å². The van der Waals surface area contributed by atoms with Gasteiger partial charge in [-0.1, -0.05) is 25.8 Å². The van der Waals surface area contributed by atoms with Crippen LogP contribution in [-0.4, -0.2) is 51.9 Å². The molecule has 0 fully saturated rings. The van der Waals surface area contributed by atoms with Gasteiger partial charge in [0.05, 0.1) is 18.9 Å². The van der Waals surface area contributed by atoms with Crippen LogP contribution < -0.4 is 0 Å². The molecule has 0 saturated carbocycles. The first kappa shape index (κ1) is 24.0. The van der Waals surface area contributed by atoms with E-state index in [0.717, 1.165) is 0 Å². The molecule has 2 unspecified atom stereocenters. The summed E-state index contributed by atoms with van der Waals surface area (Å²) in [5, 5.41) is 10.8. The van der Waals surface area contributed by atoms with E-state index in [1.54, 1.807) is 20.8 Å². The highest BCUT2D eigenvalue weighted by Crippen LogP contribution is 2.14. The molecule has 0 amide bonds. The van der Waals surface area contributed by atoms with Crippen LogP contribution in [0.3, 0.4) is 0 Å². The smallest absolute Gasteiger partial charge is 0.436 e. The molecular weight excluding hydrogens is 390 g/mol. The molecule has 0 aliphatic rings. The predicted octanol–water partition coefficient (Wildman–Crippen LogP) is 1.57. The van der Waals surface area contributed by atoms with Gasteiger partial charge in [-0.15, -0.1) is 0 Å². The quantitative estimate of drug-likeness (QED) is 0.201. The minimum Gasteiger partial charge on any atom is -0.465 e. The first-order valence-electron chi connectivity index (χ1n) is 9.06. The second-order valence-corrected chi connectivity index (χ2v) is 5.96. The number of ether oxygens (including phenoxy) is 4. The zero-order valence-corrected chi connectivity index (χ0v) is 16.6. The fourth-order valence-electron chi connectivity index (χ4n) is 2.00. The molecule has 0 saturated heterocycles. The molecule has 1 aromatic heterocycles. The summed E-state index contributed by atoms with van der Waals surface area (Å²) < 4.78 is 21.7. The molecule has 2 atom stereocenters. The number of nitro groups is 1. The molecule has 0 spiro atoms. The van der Waals surface area contributed by atoms with Crippen molar-refractivity contribution in [3.05, 3.63) is 22.5 Å². The van der Waals surface area contributed by atoms with Gasteiger partial charge in [0.1, 0.15) is 19.0 Å². The third-order valence-corrected chi connectivity index (χ3v) is 3.57. The monoisotopic (exact) mass is 415 g/mol. The number of hydrogen-bond acceptors (Lipinski definition) is 10. The molecule has 0 aliphatic heterocycles. The van der Waals surface area contributed by atoms with E-state index in [0.29, 0.717) is 0 Å². The number of hydrogen-bond donors (Lipinski definition) is 0. The molecule has 29 heavy (non-hydrogen) atoms. The number of nitrogens with zero attached hydrogens (tertiary/aromatic N) is 3. The second-order valence-electron chi connectivity index (χ2n) is 5.96. The summed E-state index contributed by atoms with van der Waals surface area (Å²) in [6.45, 7) is 4.52. The highest BCUT2D eigenvalue weighted by Gasteiger charge is 2.26. The average Bonchev–Trinajstić information content (AvgIpc) is 3.15. The van der Waals surface area contributed by atoms with Crippen LogP contribution in [0.2, 0.25) is 0 Å². The van der Waals surface area contributed by atoms with Crippen molar-refractivity contribution < 1.29 is 38.3 Å². The van der Waals surface area contributed by atoms with Crippen molar-refractivity contribution in [1.82, 2.24) is 9.55 Å². The Balaban J connectivity index is 2.57. The molecule has 1 aromatic rings. The van der Waals surface area contributed by atoms with Gasteiger partial charge in [0, 0.05) is 12.8 Å². The highest BCUT2D eigenvalue weighted by molar-refractivity contribution is 5.72. The second kappa shape index (κ2) is 12.4. The molecule has 0 aliphatic carbocycles. The topological polar surface area (TPSA) is 149 Å². The number of aromatic nitrogens is 2. The standard InChI is InChI=1S/C17H25N3O9/c1-4-13(21)27-9-6-15(23)29-16(28-14(22)5-2)12(3)10-26-11-19-8-7-18-17(19)20(24)25/h7-8,12,16H,4-6,9-11H2,1-3H3. The van der Waals surface area contributed by atoms with Gasteiger partial charge in [-0.2, -0.15) is 0 Å². The van der Waals surface area contributed by atoms with Crippen molar-refractivity contribution in [3.8, 4) is 0 Å². The summed E-state index contributed by atoms with van der Waals surface area (Å²) in [4.78, 5) is 48.4. The first-order valence-corrected chi connectivity index (χ1v) is 9.06. The van der Waals surface area contributed by atoms with Crippen molar-refractivity contribution in [2.75, 3.05) is 13.2 Å². The van der Waals surface area contributed by atoms with Crippen LogP contribution in [-0.2, 0) is 40.1 Å². The lowest BCUT2D eigenvalue weighted by molar-refractivity contribution is -0.397. The van der Waals surface area contributed by atoms with Crippen LogP contribution in [0.1, 0.15) is 40.0 Å². The summed E-state index contributed by atoms with van der Waals surface area (Å²) in [5.74, 6) is -2.66. The van der Waals surface area contributed by atoms with Crippen molar-refractivity contribution in [2.24, 2.45) is 5.92 Å². The molecule has 12 heteroatoms. The minimum atomic E-state index is -1.21. The Hall–Kier alpha value is -3.02. The molecule has 1 heterocycles. The molecule has 162 valence electrons. The van der Waals surface area contributed by atoms with Gasteiger partial charge < -0.3 is 29.1 Å². The van der Waals surface area contributed by atoms with Crippen molar-refractivity contribution in [1.29, 1.82) is 0 Å². The Morgan fingerprint density at radius 3 is 2.45 bits per heavy atom. The summed E-state index contributed by atoms with van der Waals surface area (Å²) in [7, 11) is 0. The van der Waals surface area contributed by atoms with E-state index in [1.165, 1.54) is 17.0 Å². The molecule has 12 nitrogen and oxygen atoms in total. The lowest BCUT2D eigenvalue weighted by atomic mass is 10.2. The largest absolute Gasteiger partial charge is 0.465 e. The molecule has 0 radical (unpaired) electrons. The third kappa shape index (κ3) is 8.68. The number of imidazole rings is 1. The van der Waals surface area contributed by atoms with Crippen molar-refractivity contribution in [3.63, 3.8) is 0 Å². The van der Waals surface area contributed by atoms with Gasteiger partial charge in [0.2, 0.25) is 0 Å². The number of rotatable bonds is 13. The van der Waals surface area contributed by atoms with Crippen LogP contribution >= 0.6 is 0 Å². The van der Waals surface area contributed by atoms with Gasteiger partial charge in [-0.25, -0.2) is 4.57 Å². The van der Waals surface area contributed by atoms with Gasteiger partial charge in [0.15, 0.2) is 6.73 Å². The van der Waals surface area contributed by atoms with Crippen LogP contribution in [0.25, 0.3) is 0 Å². The Kier molecular flexibility index (Phi) is 10.3. The summed E-state index contributed by atoms with van der Waals surface area (Å²) in [5.41, 5.74) is 0. The van der Waals surface area contributed by atoms with Crippen LogP contribution in [0.4, 0.5) is 5.95 Å². The lowest BCUT2D eigenvalue weighted by Crippen LogP contribution is -2.33. The fourth-order valence-corrected chi connectivity index (χ4v) is 2.00. The molecular formula is C17H25N3O9. The van der Waals surface area contributed by atoms with Crippen molar-refractivity contribution in [2.45, 2.75) is 53.1 Å². The number of carbonyl (C=O) groups excluding carboxylic acids is 3. The average molecular weight is 415 g/mol. The van der Waals surface area contributed by atoms with Gasteiger partial charge in [-0.3, -0.25) is 14.4 Å². The lowest BCUT2D eigenvalue weighted by Gasteiger charge is -2.23. The van der Waals surface area contributed by atoms with E-state index in [9.17, 15) is 24.5 Å². The number of carbonyl (C=O) groups is 3. The maximum Gasteiger partial charge on any atom is 0.436 e. The molecule has 0 N–H and O–H groups in total. The third-order valence-electron chi connectivity index (χ3n) is 3.57. The molecule has 0 aromatic carbocycles. The van der Waals surface area contributed by atoms with Gasteiger partial charge >= 0.3 is 23.9 Å². The van der Waals surface area contributed by atoms with Gasteiger partial charge in [-0.05, 0) is 4.92 Å². The zero-order chi connectivity index (χ0) is 21.8. The highest BCUT2D eigenvalue weighted by atomic mass is 16.7. The normalized spacial score (nSPS) is 12.7. The Morgan fingerprint density at radius 2 is 1.83 bits per heavy atom. The number of esters is 3. The van der Waals surface area contributed by atoms with Crippen LogP contribution in [0.15, 0.2) is 12.4 Å². The van der Waals surface area contributed by atoms with E-state index in [1.807, 2.05) is 0 Å². The van der Waals surface area contributed by atoms with E-state index in [-0.39, 0.29) is 45.2 Å². The van der Waals surface area contributed by atoms with Crippen molar-refractivity contribution >= 4 is 23.9 Å². The van der Waals surface area contributed by atoms with E-state index >= 15 is 0 Å². The fraction of sp³-hybridized carbons (Fsp3) is 0.647.